The summed E-state index contributed by atoms with van der Waals surface area (Å²) < 4.78 is 125. The van der Waals surface area contributed by atoms with E-state index in [1.54, 1.807) is 6.92 Å². The van der Waals surface area contributed by atoms with Crippen LogP contribution in [0.25, 0.3) is 44.7 Å². The lowest BCUT2D eigenvalue weighted by Crippen LogP contribution is -2.34. The van der Waals surface area contributed by atoms with E-state index < -0.39 is 212 Å². The lowest BCUT2D eigenvalue weighted by atomic mass is 10.1. The number of nitrogens with one attached hydrogen (secondary N) is 3. The quantitative estimate of drug-likeness (QED) is 0.0156. The Balaban J connectivity index is 0.613. The summed E-state index contributed by atoms with van der Waals surface area (Å²) in [5, 5.41) is 0. The summed E-state index contributed by atoms with van der Waals surface area (Å²) in [6.45, 7) is -28.0. The molecule has 16 rings (SSSR count). The first kappa shape index (κ1) is 92.7. The molecule has 6 fully saturated rings. The smallest absolute Gasteiger partial charge is 0.330 e. The van der Waals surface area contributed by atoms with Crippen molar-refractivity contribution in [2.24, 2.45) is 0 Å². The normalized spacial score (nSPS) is 29.4. The molecule has 126 heavy (non-hydrogen) atoms. The van der Waals surface area contributed by atoms with E-state index in [1.165, 1.54) is 69.8 Å². The van der Waals surface area contributed by atoms with Gasteiger partial charge in [0.2, 0.25) is 5.95 Å². The molecule has 6 unspecified atom stereocenters. The Labute approximate surface area is 736 Å². The number of fused-ring (bicyclic) bond motifs is 4. The minimum absolute atomic E-state index is 0.00158. The van der Waals surface area contributed by atoms with Gasteiger partial charge in [-0.1, -0.05) is 66.0 Å². The number of imidazole rings is 4. The third kappa shape index (κ3) is 20.7. The van der Waals surface area contributed by atoms with E-state index in [0.29, 0.717) is 6.42 Å². The zero-order chi connectivity index (χ0) is 89.6. The molecule has 6 aliphatic heterocycles. The van der Waals surface area contributed by atoms with Crippen LogP contribution in [-0.4, -0.2) is 208 Å². The number of ether oxygens (including phenoxy) is 6. The predicted molar refractivity (Wildman–Crippen MR) is 443 cm³/mol. The van der Waals surface area contributed by atoms with Gasteiger partial charge in [0.15, 0.2) is 52.4 Å². The Bertz CT molecular complexity index is 6450. The first-order valence-electron chi connectivity index (χ1n) is 37.6. The van der Waals surface area contributed by atoms with Gasteiger partial charge in [-0.2, -0.15) is 4.98 Å². The summed E-state index contributed by atoms with van der Waals surface area (Å²) in [5.41, 5.74) is 21.7. The molecule has 12 N–H and O–H groups in total. The number of hydrogen-bond acceptors (Lipinski definition) is 49. The number of anilines is 4. The van der Waals surface area contributed by atoms with Crippen molar-refractivity contribution in [3.63, 3.8) is 0 Å². The van der Waals surface area contributed by atoms with Crippen LogP contribution >= 0.6 is 40.4 Å². The fourth-order valence-corrected chi connectivity index (χ4v) is 23.2. The molecular formula is C61H72N24O29P6S6-6. The van der Waals surface area contributed by atoms with Crippen LogP contribution in [0.4, 0.5) is 23.4 Å². The first-order chi connectivity index (χ1) is 59.6. The number of H-pyrrole nitrogens is 3. The Morgan fingerprint density at radius 1 is 0.421 bits per heavy atom. The van der Waals surface area contributed by atoms with Crippen molar-refractivity contribution in [2.45, 2.75) is 176 Å². The molecule has 6 aliphatic rings. The molecule has 0 radical (unpaired) electrons. The largest absolute Gasteiger partial charge is 0.780 e. The Hall–Kier alpha value is -6.53. The summed E-state index contributed by atoms with van der Waals surface area (Å²) in [7, 11) is 0. The fourth-order valence-electron chi connectivity index (χ4n) is 15.0. The monoisotopic (exact) mass is 1980 g/mol. The Morgan fingerprint density at radius 3 is 1.06 bits per heavy atom. The molecular weight excluding hydrogens is 1910 g/mol. The molecule has 24 atom stereocenters. The van der Waals surface area contributed by atoms with Crippen LogP contribution in [-0.2, 0) is 154 Å². The zero-order valence-corrected chi connectivity index (χ0v) is 75.3. The number of aryl methyl sites for hydroxylation is 2. The molecule has 0 spiro atoms. The minimum Gasteiger partial charge on any atom is -0.780 e. The van der Waals surface area contributed by atoms with Crippen molar-refractivity contribution < 1.29 is 112 Å². The maximum atomic E-state index is 15.0. The molecule has 0 aliphatic carbocycles. The number of nitrogens with two attached hydrogens (primary N) is 4. The van der Waals surface area contributed by atoms with Crippen molar-refractivity contribution in [3.8, 4) is 0 Å². The average molecular weight is 1980 g/mol. The van der Waals surface area contributed by atoms with Gasteiger partial charge in [-0.05, 0) is 20.3 Å². The van der Waals surface area contributed by atoms with Crippen LogP contribution in [0.5, 0.6) is 0 Å². The second kappa shape index (κ2) is 36.9. The van der Waals surface area contributed by atoms with E-state index in [9.17, 15) is 57.9 Å². The van der Waals surface area contributed by atoms with Crippen molar-refractivity contribution in [1.29, 1.82) is 0 Å². The summed E-state index contributed by atoms with van der Waals surface area (Å²) in [4.78, 5) is 198. The summed E-state index contributed by atoms with van der Waals surface area (Å²) in [5.74, 6) is -0.206. The van der Waals surface area contributed by atoms with Gasteiger partial charge >= 0.3 is 11.4 Å². The topological polar surface area (TPSA) is 718 Å². The molecule has 10 aromatic rings. The van der Waals surface area contributed by atoms with Gasteiger partial charge in [-0.3, -0.25) is 61.3 Å². The molecule has 0 aromatic carbocycles. The number of nitrogens with zero attached hydrogens (tertiary/aromatic N) is 17. The number of aromatic nitrogens is 20. The molecule has 16 heterocycles. The molecule has 0 amide bonds. The van der Waals surface area contributed by atoms with Crippen molar-refractivity contribution in [1.82, 2.24) is 97.2 Å². The number of rotatable bonds is 34. The van der Waals surface area contributed by atoms with Gasteiger partial charge in [0.05, 0.1) is 101 Å². The summed E-state index contributed by atoms with van der Waals surface area (Å²) in [6.07, 6.45) is -12.9. The minimum atomic E-state index is -4.92. The molecule has 65 heteroatoms. The van der Waals surface area contributed by atoms with Gasteiger partial charge in [0.1, 0.15) is 137 Å². The summed E-state index contributed by atoms with van der Waals surface area (Å²) in [6, 6.07) is 0. The second-order valence-electron chi connectivity index (χ2n) is 29.1. The van der Waals surface area contributed by atoms with Gasteiger partial charge in [-0.25, -0.2) is 59.4 Å². The van der Waals surface area contributed by atoms with Gasteiger partial charge < -0.3 is 143 Å². The van der Waals surface area contributed by atoms with E-state index in [4.69, 9.17) is 161 Å². The number of aromatic amines is 3. The molecule has 0 bridgehead atoms. The van der Waals surface area contributed by atoms with Crippen LogP contribution in [0.1, 0.15) is 100 Å². The van der Waals surface area contributed by atoms with Crippen molar-refractivity contribution in [3.05, 3.63) is 120 Å². The number of hydrogen-bond donors (Lipinski definition) is 8. The van der Waals surface area contributed by atoms with Crippen molar-refractivity contribution in [2.75, 3.05) is 56.0 Å². The highest BCUT2D eigenvalue weighted by atomic mass is 32.7. The summed E-state index contributed by atoms with van der Waals surface area (Å²) >= 11 is 32.2. The van der Waals surface area contributed by atoms with Crippen LogP contribution < -0.4 is 75.5 Å². The molecule has 53 nitrogen and oxygen atoms in total. The van der Waals surface area contributed by atoms with E-state index in [1.807, 2.05) is 0 Å². The van der Waals surface area contributed by atoms with Gasteiger partial charge in [0, 0.05) is 62.0 Å². The Kier molecular flexibility index (Phi) is 27.2. The highest BCUT2D eigenvalue weighted by molar-refractivity contribution is 8.32. The zero-order valence-electron chi connectivity index (χ0n) is 65.0. The SMILES string of the molecule is CC[C@H]1O[C@@H](n2cnc3c(=O)[nH]c(N)nc32)C[C@H]1OP([O-])(=S)OC[C@H]1O[C@@H](n2cc(C)c(=O)[nH]c2=O)C[C@H]1OP([O-])(=S)OC[C@H]1O[C@@H](n2cnc3c(N)ncnc32)C[C@H]1OP([O-])(=S)OC[C@H]1O[C@@H](n2cnc3c(N)ncnc32)C[C@H]1OP([O-])(=S)OC[C@H]1O[C@@H](n2cnc3c(N)ncnc32)C[C@H]1OP(=O)([S-])OC[C@H]1O[C@@H](n2cc(C)c(=O)[nH]c2=O)C[C@H]1OP([O-])(O)=S. The molecule has 682 valence electrons. The van der Waals surface area contributed by atoms with Crippen LogP contribution in [0.3, 0.4) is 0 Å². The van der Waals surface area contributed by atoms with E-state index >= 15 is 0 Å². The first-order valence-corrected chi connectivity index (χ1v) is 53.0. The lowest BCUT2D eigenvalue weighted by Gasteiger charge is -2.36. The van der Waals surface area contributed by atoms with E-state index in [2.05, 4.69) is 81.6 Å². The predicted octanol–water partition coefficient (Wildman–Crippen LogP) is -2.21. The number of nitrogen functional groups attached to an aromatic ring is 4. The lowest BCUT2D eigenvalue weighted by molar-refractivity contribution is -0.221. The Morgan fingerprint density at radius 2 is 0.714 bits per heavy atom. The molecule has 10 aromatic heterocycles. The highest BCUT2D eigenvalue weighted by Gasteiger charge is 2.48. The standard InChI is InChI=1S/C61H78N24O29P6S6/c1-4-27-28(5-44(103-27)85-24-75-48-55(85)76-59(65)77-58(48)88)110-116(93,122)99-14-35-30(7-40(105-35)81-12-26(3)57(87)79-61(81)90)111-118(95,124)100-15-36-32(9-42(106-36)83-22-73-46-50(63)67-19-70-53(46)83)113-120(97,126)102-17-38-33(10-43(108-38)84-23-74-47-51(64)68-20-71-54(47)84)114-119(96,125)101-16-37-31(8-41(107-37)82-21-72-45-49(62)66-18-69-52(45)82)112-117(94,123)98-13-34-29(109-115(91,92)121)6-39(104-34)80-11-25(2)56(86)78-60(80)89/h11-12,18-24,27-44H,4-10,13-17H2,1-3H3,(H,93,122)(H,94,123)(H,95,124)(H,96,125)(H,97,126)(H2,62,66,69)(H2,63,67,70)(H2,64,68,71)(H,78,86,89)(H,79,87,90)(H2,91,92,121)(H3,65,76,77,88)/p-6/t27-,28-,29-,30-,31-,32-,33-,34-,35-,36-,37-,38-,39-,40-,41-,42-,43-,44-,116?,117?,118?,119?,120?/m1/s1. The van der Waals surface area contributed by atoms with E-state index in [0.717, 1.165) is 28.1 Å². The second-order valence-corrected chi connectivity index (χ2v) is 45.2. The van der Waals surface area contributed by atoms with Gasteiger partial charge in [0.25, 0.3) is 16.7 Å². The maximum Gasteiger partial charge on any atom is 0.330 e. The molecule has 6 saturated heterocycles. The third-order valence-electron chi connectivity index (χ3n) is 20.8. The highest BCUT2D eigenvalue weighted by Crippen LogP contribution is 2.56. The van der Waals surface area contributed by atoms with Gasteiger partial charge in [-0.15, -0.1) is 0 Å². The average Bonchev–Trinajstić information content (AvgIpc) is 1.64. The van der Waals surface area contributed by atoms with E-state index in [-0.39, 0.29) is 118 Å². The fraction of sp³-hybridized carbons (Fsp3) is 0.541. The maximum absolute atomic E-state index is 15.0. The third-order valence-corrected chi connectivity index (χ3v) is 29.5. The van der Waals surface area contributed by atoms with Crippen LogP contribution in [0.2, 0.25) is 0 Å². The van der Waals surface area contributed by atoms with Crippen molar-refractivity contribution >= 4 is 180 Å². The van der Waals surface area contributed by atoms with Crippen LogP contribution in [0.15, 0.2) is 80.7 Å². The molecule has 0 saturated carbocycles. The van der Waals surface area contributed by atoms with Crippen LogP contribution in [0, 0.1) is 13.8 Å².